The van der Waals surface area contributed by atoms with Crippen LogP contribution in [0.2, 0.25) is 0 Å². The zero-order valence-electron chi connectivity index (χ0n) is 15.3. The van der Waals surface area contributed by atoms with Crippen molar-refractivity contribution < 1.29 is 9.59 Å². The number of hydrogen-bond acceptors (Lipinski definition) is 6. The molecule has 8 heteroatoms. The van der Waals surface area contributed by atoms with E-state index >= 15 is 0 Å². The molecule has 0 aliphatic heterocycles. The summed E-state index contributed by atoms with van der Waals surface area (Å²) in [5, 5.41) is 11.6. The zero-order valence-corrected chi connectivity index (χ0v) is 17.0. The van der Waals surface area contributed by atoms with Gasteiger partial charge < -0.3 is 16.0 Å². The molecule has 0 unspecified atom stereocenters. The van der Waals surface area contributed by atoms with Crippen molar-refractivity contribution in [2.45, 2.75) is 0 Å². The predicted molar refractivity (Wildman–Crippen MR) is 119 cm³/mol. The quantitative estimate of drug-likeness (QED) is 0.384. The molecule has 2 amide bonds. The van der Waals surface area contributed by atoms with Gasteiger partial charge in [-0.1, -0.05) is 41.7 Å². The molecule has 0 fully saturated rings. The molecule has 3 N–H and O–H groups in total. The van der Waals surface area contributed by atoms with E-state index in [0.29, 0.717) is 29.2 Å². The summed E-state index contributed by atoms with van der Waals surface area (Å²) in [7, 11) is 0. The average Bonchev–Trinajstić information content (AvgIpc) is 3.41. The molecule has 0 bridgehead atoms. The Kier molecular flexibility index (Phi) is 5.83. The van der Waals surface area contributed by atoms with E-state index in [9.17, 15) is 9.59 Å². The second kappa shape index (κ2) is 8.85. The first-order valence-corrected chi connectivity index (χ1v) is 10.7. The Hall–Kier alpha value is -3.23. The normalized spacial score (nSPS) is 10.6. The standard InChI is InChI=1S/C21H18N4O2S2/c26-19(22-11-12-23-21-25-16-8-3-4-9-17(16)29-21)14-6-1-2-7-15(14)24-20(27)18-10-5-13-28-18/h1-10,13H,11-12H2,(H,22,26)(H,23,25)(H,24,27). The van der Waals surface area contributed by atoms with Crippen LogP contribution < -0.4 is 16.0 Å². The number of amides is 2. The topological polar surface area (TPSA) is 83.1 Å². The van der Waals surface area contributed by atoms with E-state index in [1.165, 1.54) is 11.3 Å². The second-order valence-corrected chi connectivity index (χ2v) is 8.12. The summed E-state index contributed by atoms with van der Waals surface area (Å²) in [5.41, 5.74) is 1.87. The highest BCUT2D eigenvalue weighted by Gasteiger charge is 2.14. The molecule has 4 rings (SSSR count). The number of nitrogens with one attached hydrogen (secondary N) is 3. The molecule has 29 heavy (non-hydrogen) atoms. The van der Waals surface area contributed by atoms with Crippen LogP contribution in [0.3, 0.4) is 0 Å². The van der Waals surface area contributed by atoms with Gasteiger partial charge in [0.15, 0.2) is 5.13 Å². The Morgan fingerprint density at radius 1 is 0.897 bits per heavy atom. The van der Waals surface area contributed by atoms with Crippen molar-refractivity contribution >= 4 is 55.5 Å². The Morgan fingerprint density at radius 3 is 2.55 bits per heavy atom. The van der Waals surface area contributed by atoms with Crippen LogP contribution in [-0.4, -0.2) is 29.9 Å². The van der Waals surface area contributed by atoms with E-state index in [0.717, 1.165) is 15.3 Å². The predicted octanol–water partition coefficient (Wildman–Crippen LogP) is 4.45. The Bertz CT molecular complexity index is 1110. The van der Waals surface area contributed by atoms with Gasteiger partial charge in [-0.15, -0.1) is 11.3 Å². The molecule has 0 spiro atoms. The molecule has 0 atom stereocenters. The van der Waals surface area contributed by atoms with Gasteiger partial charge in [-0.3, -0.25) is 9.59 Å². The fraction of sp³-hybridized carbons (Fsp3) is 0.0952. The largest absolute Gasteiger partial charge is 0.360 e. The lowest BCUT2D eigenvalue weighted by molar-refractivity contribution is 0.0956. The maximum absolute atomic E-state index is 12.6. The summed E-state index contributed by atoms with van der Waals surface area (Å²) < 4.78 is 1.12. The van der Waals surface area contributed by atoms with Crippen LogP contribution in [0, 0.1) is 0 Å². The number of thiophene rings is 1. The number of aromatic nitrogens is 1. The minimum absolute atomic E-state index is 0.224. The van der Waals surface area contributed by atoms with Crippen molar-refractivity contribution in [3.8, 4) is 0 Å². The van der Waals surface area contributed by atoms with Gasteiger partial charge in [0.25, 0.3) is 11.8 Å². The monoisotopic (exact) mass is 422 g/mol. The number of hydrogen-bond donors (Lipinski definition) is 3. The highest BCUT2D eigenvalue weighted by atomic mass is 32.1. The minimum Gasteiger partial charge on any atom is -0.360 e. The van der Waals surface area contributed by atoms with E-state index < -0.39 is 0 Å². The lowest BCUT2D eigenvalue weighted by atomic mass is 10.1. The van der Waals surface area contributed by atoms with Gasteiger partial charge >= 0.3 is 0 Å². The third-order valence-electron chi connectivity index (χ3n) is 4.15. The van der Waals surface area contributed by atoms with Crippen LogP contribution in [0.1, 0.15) is 20.0 Å². The fourth-order valence-corrected chi connectivity index (χ4v) is 4.28. The lowest BCUT2D eigenvalue weighted by Gasteiger charge is -2.11. The fourth-order valence-electron chi connectivity index (χ4n) is 2.77. The molecular formula is C21H18N4O2S2. The number of thiazole rings is 1. The SMILES string of the molecule is O=C(Nc1ccccc1C(=O)NCCNc1nc2ccccc2s1)c1cccs1. The first kappa shape index (κ1) is 19.1. The Balaban J connectivity index is 1.33. The summed E-state index contributed by atoms with van der Waals surface area (Å²) in [5.74, 6) is -0.462. The van der Waals surface area contributed by atoms with Crippen LogP contribution >= 0.6 is 22.7 Å². The van der Waals surface area contributed by atoms with Gasteiger partial charge in [0.2, 0.25) is 0 Å². The van der Waals surface area contributed by atoms with Crippen LogP contribution in [0.5, 0.6) is 0 Å². The number of carbonyl (C=O) groups excluding carboxylic acids is 2. The number of carbonyl (C=O) groups is 2. The van der Waals surface area contributed by atoms with Gasteiger partial charge in [-0.2, -0.15) is 0 Å². The molecule has 146 valence electrons. The van der Waals surface area contributed by atoms with Gasteiger partial charge in [-0.05, 0) is 35.7 Å². The summed E-state index contributed by atoms with van der Waals surface area (Å²) >= 11 is 2.93. The van der Waals surface area contributed by atoms with Gasteiger partial charge in [0.05, 0.1) is 26.3 Å². The maximum atomic E-state index is 12.6. The van der Waals surface area contributed by atoms with Crippen LogP contribution in [0.15, 0.2) is 66.0 Å². The number of fused-ring (bicyclic) bond motifs is 1. The molecule has 0 aliphatic rings. The van der Waals surface area contributed by atoms with Crippen molar-refractivity contribution in [3.05, 3.63) is 76.5 Å². The smallest absolute Gasteiger partial charge is 0.265 e. The van der Waals surface area contributed by atoms with E-state index in [1.807, 2.05) is 35.7 Å². The number of rotatable bonds is 7. The Labute approximate surface area is 175 Å². The van der Waals surface area contributed by atoms with Crippen molar-refractivity contribution in [1.82, 2.24) is 10.3 Å². The summed E-state index contributed by atoms with van der Waals surface area (Å²) in [6, 6.07) is 18.5. The van der Waals surface area contributed by atoms with Crippen LogP contribution in [0.25, 0.3) is 10.2 Å². The Morgan fingerprint density at radius 2 is 1.72 bits per heavy atom. The highest BCUT2D eigenvalue weighted by molar-refractivity contribution is 7.22. The number of anilines is 2. The third kappa shape index (κ3) is 4.61. The molecule has 2 aromatic carbocycles. The molecule has 2 aromatic heterocycles. The highest BCUT2D eigenvalue weighted by Crippen LogP contribution is 2.25. The summed E-state index contributed by atoms with van der Waals surface area (Å²) in [4.78, 5) is 30.0. The number of para-hydroxylation sites is 2. The number of nitrogens with zero attached hydrogens (tertiary/aromatic N) is 1. The van der Waals surface area contributed by atoms with E-state index in [2.05, 4.69) is 20.9 Å². The zero-order chi connectivity index (χ0) is 20.1. The third-order valence-corrected chi connectivity index (χ3v) is 6.01. The molecule has 4 aromatic rings. The minimum atomic E-state index is -0.238. The number of benzene rings is 2. The van der Waals surface area contributed by atoms with Gasteiger partial charge in [0, 0.05) is 13.1 Å². The molecule has 2 heterocycles. The van der Waals surface area contributed by atoms with Crippen molar-refractivity contribution in [1.29, 1.82) is 0 Å². The summed E-state index contributed by atoms with van der Waals surface area (Å²) in [6.45, 7) is 0.983. The molecular weight excluding hydrogens is 404 g/mol. The molecule has 0 saturated carbocycles. The summed E-state index contributed by atoms with van der Waals surface area (Å²) in [6.07, 6.45) is 0. The average molecular weight is 423 g/mol. The van der Waals surface area contributed by atoms with Crippen LogP contribution in [-0.2, 0) is 0 Å². The van der Waals surface area contributed by atoms with Crippen molar-refractivity contribution in [2.24, 2.45) is 0 Å². The van der Waals surface area contributed by atoms with E-state index in [4.69, 9.17) is 0 Å². The van der Waals surface area contributed by atoms with Crippen molar-refractivity contribution in [3.63, 3.8) is 0 Å². The van der Waals surface area contributed by atoms with Gasteiger partial charge in [0.1, 0.15) is 0 Å². The van der Waals surface area contributed by atoms with Crippen LogP contribution in [0.4, 0.5) is 10.8 Å². The second-order valence-electron chi connectivity index (χ2n) is 6.15. The first-order chi connectivity index (χ1) is 14.2. The molecule has 0 aliphatic carbocycles. The van der Waals surface area contributed by atoms with Crippen molar-refractivity contribution in [2.75, 3.05) is 23.7 Å². The van der Waals surface area contributed by atoms with E-state index in [1.54, 1.807) is 41.7 Å². The lowest BCUT2D eigenvalue weighted by Crippen LogP contribution is -2.29. The maximum Gasteiger partial charge on any atom is 0.265 e. The first-order valence-electron chi connectivity index (χ1n) is 9.02. The van der Waals surface area contributed by atoms with E-state index in [-0.39, 0.29) is 11.8 Å². The molecule has 0 saturated heterocycles. The molecule has 0 radical (unpaired) electrons. The van der Waals surface area contributed by atoms with Gasteiger partial charge in [-0.25, -0.2) is 4.98 Å². The molecule has 6 nitrogen and oxygen atoms in total.